The number of piperidine rings is 1. The van der Waals surface area contributed by atoms with Gasteiger partial charge in [-0.25, -0.2) is 5.43 Å². The number of benzene rings is 3. The van der Waals surface area contributed by atoms with Crippen LogP contribution in [0.15, 0.2) is 84.0 Å². The summed E-state index contributed by atoms with van der Waals surface area (Å²) in [6.45, 7) is 3.89. The van der Waals surface area contributed by atoms with Crippen LogP contribution in [0.25, 0.3) is 0 Å². The minimum Gasteiger partial charge on any atom is -0.378 e. The summed E-state index contributed by atoms with van der Waals surface area (Å²) in [7, 11) is 4.05. The molecule has 2 heterocycles. The first-order chi connectivity index (χ1) is 19.0. The molecule has 39 heavy (non-hydrogen) atoms. The summed E-state index contributed by atoms with van der Waals surface area (Å²) in [6.07, 6.45) is 5.09. The molecule has 200 valence electrons. The van der Waals surface area contributed by atoms with Crippen molar-refractivity contribution in [3.05, 3.63) is 95.6 Å². The molecule has 8 heteroatoms. The third-order valence-electron chi connectivity index (χ3n) is 6.98. The van der Waals surface area contributed by atoms with E-state index in [0.29, 0.717) is 23.8 Å². The van der Waals surface area contributed by atoms with Crippen LogP contribution in [0, 0.1) is 12.8 Å². The molecule has 8 nitrogen and oxygen atoms in total. The highest BCUT2D eigenvalue weighted by atomic mass is 15.4. The zero-order chi connectivity index (χ0) is 27.0. The standard InChI is InChI=1S/C31H36N8/c1-23-9-13-27(14-10-23)33-29-34-30(37-32-22-26-11-15-28(16-12-26)38(2)3)36-31(35-29)39-19-17-25(18-20-39)21-24-7-5-4-6-8-24/h4-16,22,25H,17-21H2,1-3H3,(H2,33,34,35,36,37)/b32-22-. The maximum atomic E-state index is 4.77. The van der Waals surface area contributed by atoms with E-state index in [4.69, 9.17) is 9.97 Å². The lowest BCUT2D eigenvalue weighted by molar-refractivity contribution is 0.400. The Bertz CT molecular complexity index is 1360. The van der Waals surface area contributed by atoms with E-state index >= 15 is 0 Å². The third kappa shape index (κ3) is 7.31. The van der Waals surface area contributed by atoms with Crippen LogP contribution in [0.1, 0.15) is 29.5 Å². The maximum absolute atomic E-state index is 4.77. The summed E-state index contributed by atoms with van der Waals surface area (Å²) in [5, 5.41) is 7.74. The zero-order valence-electron chi connectivity index (χ0n) is 22.9. The van der Waals surface area contributed by atoms with Crippen molar-refractivity contribution >= 4 is 35.4 Å². The van der Waals surface area contributed by atoms with Crippen molar-refractivity contribution in [2.45, 2.75) is 26.2 Å². The van der Waals surface area contributed by atoms with Crippen LogP contribution in [0.5, 0.6) is 0 Å². The number of hydrogen-bond donors (Lipinski definition) is 2. The van der Waals surface area contributed by atoms with Crippen molar-refractivity contribution in [3.8, 4) is 0 Å². The monoisotopic (exact) mass is 520 g/mol. The quantitative estimate of drug-likeness (QED) is 0.210. The van der Waals surface area contributed by atoms with E-state index in [-0.39, 0.29) is 0 Å². The van der Waals surface area contributed by atoms with E-state index in [1.165, 1.54) is 11.1 Å². The second-order valence-electron chi connectivity index (χ2n) is 10.2. The van der Waals surface area contributed by atoms with Gasteiger partial charge in [-0.1, -0.05) is 60.2 Å². The summed E-state index contributed by atoms with van der Waals surface area (Å²) >= 11 is 0. The lowest BCUT2D eigenvalue weighted by Gasteiger charge is -2.32. The molecular weight excluding hydrogens is 484 g/mol. The number of hydrazone groups is 1. The molecule has 2 N–H and O–H groups in total. The average Bonchev–Trinajstić information content (AvgIpc) is 2.95. The fourth-order valence-corrected chi connectivity index (χ4v) is 4.69. The van der Waals surface area contributed by atoms with Crippen LogP contribution < -0.4 is 20.5 Å². The smallest absolute Gasteiger partial charge is 0.250 e. The third-order valence-corrected chi connectivity index (χ3v) is 6.98. The fraction of sp³-hybridized carbons (Fsp3) is 0.290. The number of aromatic nitrogens is 3. The molecule has 0 radical (unpaired) electrons. The Kier molecular flexibility index (Phi) is 8.31. The summed E-state index contributed by atoms with van der Waals surface area (Å²) in [6, 6.07) is 27.1. The summed E-state index contributed by atoms with van der Waals surface area (Å²) in [5.41, 5.74) is 8.67. The lowest BCUT2D eigenvalue weighted by atomic mass is 9.90. The number of nitrogens with one attached hydrogen (secondary N) is 2. The van der Waals surface area contributed by atoms with Crippen molar-refractivity contribution < 1.29 is 0 Å². The topological polar surface area (TPSA) is 81.6 Å². The van der Waals surface area contributed by atoms with Crippen LogP contribution in [-0.2, 0) is 6.42 Å². The molecule has 0 aliphatic carbocycles. The first kappa shape index (κ1) is 26.2. The molecule has 1 aliphatic rings. The molecule has 1 fully saturated rings. The zero-order valence-corrected chi connectivity index (χ0v) is 22.9. The Morgan fingerprint density at radius 3 is 2.26 bits per heavy atom. The predicted octanol–water partition coefficient (Wildman–Crippen LogP) is 5.89. The molecule has 1 aromatic heterocycles. The van der Waals surface area contributed by atoms with Gasteiger partial charge in [-0.3, -0.25) is 0 Å². The Morgan fingerprint density at radius 1 is 0.872 bits per heavy atom. The highest BCUT2D eigenvalue weighted by molar-refractivity contribution is 5.80. The number of rotatable bonds is 9. The molecule has 0 spiro atoms. The highest BCUT2D eigenvalue weighted by Gasteiger charge is 2.22. The van der Waals surface area contributed by atoms with Crippen molar-refractivity contribution in [3.63, 3.8) is 0 Å². The van der Waals surface area contributed by atoms with Gasteiger partial charge in [0.1, 0.15) is 0 Å². The lowest BCUT2D eigenvalue weighted by Crippen LogP contribution is -2.35. The van der Waals surface area contributed by atoms with Gasteiger partial charge in [-0.05, 0) is 67.5 Å². The normalized spacial score (nSPS) is 14.0. The predicted molar refractivity (Wildman–Crippen MR) is 161 cm³/mol. The van der Waals surface area contributed by atoms with Crippen molar-refractivity contribution in [1.82, 2.24) is 15.0 Å². The van der Waals surface area contributed by atoms with Crippen LogP contribution in [0.2, 0.25) is 0 Å². The van der Waals surface area contributed by atoms with Crippen molar-refractivity contribution in [1.29, 1.82) is 0 Å². The number of aryl methyl sites for hydroxylation is 1. The summed E-state index contributed by atoms with van der Waals surface area (Å²) in [5.74, 6) is 2.22. The molecule has 0 saturated carbocycles. The molecule has 3 aromatic carbocycles. The Morgan fingerprint density at radius 2 is 1.56 bits per heavy atom. The molecular formula is C31H36N8. The highest BCUT2D eigenvalue weighted by Crippen LogP contribution is 2.26. The molecule has 0 amide bonds. The van der Waals surface area contributed by atoms with Gasteiger partial charge < -0.3 is 15.1 Å². The van der Waals surface area contributed by atoms with E-state index in [2.05, 4.69) is 92.1 Å². The molecule has 5 rings (SSSR count). The Balaban J connectivity index is 1.30. The first-order valence-electron chi connectivity index (χ1n) is 13.5. The van der Waals surface area contributed by atoms with Gasteiger partial charge in [0.15, 0.2) is 0 Å². The van der Waals surface area contributed by atoms with Gasteiger partial charge in [0, 0.05) is 38.6 Å². The largest absolute Gasteiger partial charge is 0.378 e. The van der Waals surface area contributed by atoms with E-state index in [9.17, 15) is 0 Å². The minimum atomic E-state index is 0.405. The Hall–Kier alpha value is -4.46. The molecule has 4 aromatic rings. The number of hydrogen-bond acceptors (Lipinski definition) is 8. The second kappa shape index (κ2) is 12.4. The average molecular weight is 521 g/mol. The summed E-state index contributed by atoms with van der Waals surface area (Å²) < 4.78 is 0. The van der Waals surface area contributed by atoms with Crippen LogP contribution in [-0.4, -0.2) is 48.4 Å². The van der Waals surface area contributed by atoms with Crippen LogP contribution in [0.4, 0.5) is 29.2 Å². The van der Waals surface area contributed by atoms with Gasteiger partial charge in [0.25, 0.3) is 0 Å². The molecule has 0 atom stereocenters. The van der Waals surface area contributed by atoms with E-state index in [0.717, 1.165) is 49.3 Å². The van der Waals surface area contributed by atoms with E-state index in [1.807, 2.05) is 38.4 Å². The molecule has 0 bridgehead atoms. The van der Waals surface area contributed by atoms with Gasteiger partial charge in [0.2, 0.25) is 17.8 Å². The van der Waals surface area contributed by atoms with Crippen LogP contribution in [0.3, 0.4) is 0 Å². The van der Waals surface area contributed by atoms with Gasteiger partial charge in [0.05, 0.1) is 6.21 Å². The fourth-order valence-electron chi connectivity index (χ4n) is 4.69. The summed E-state index contributed by atoms with van der Waals surface area (Å²) in [4.78, 5) is 18.4. The number of nitrogens with zero attached hydrogens (tertiary/aromatic N) is 6. The molecule has 0 unspecified atom stereocenters. The Labute approximate surface area is 230 Å². The number of anilines is 5. The van der Waals surface area contributed by atoms with Gasteiger partial charge >= 0.3 is 0 Å². The maximum Gasteiger partial charge on any atom is 0.250 e. The van der Waals surface area contributed by atoms with Gasteiger partial charge in [-0.15, -0.1) is 0 Å². The molecule has 1 aliphatic heterocycles. The van der Waals surface area contributed by atoms with Crippen molar-refractivity contribution in [2.24, 2.45) is 11.0 Å². The molecule has 1 saturated heterocycles. The van der Waals surface area contributed by atoms with E-state index in [1.54, 1.807) is 6.21 Å². The SMILES string of the molecule is Cc1ccc(Nc2nc(N/N=C\c3ccc(N(C)C)cc3)nc(N3CCC(Cc4ccccc4)CC3)n2)cc1. The second-order valence-corrected chi connectivity index (χ2v) is 10.2. The van der Waals surface area contributed by atoms with Gasteiger partial charge in [-0.2, -0.15) is 20.1 Å². The minimum absolute atomic E-state index is 0.405. The van der Waals surface area contributed by atoms with Crippen molar-refractivity contribution in [2.75, 3.05) is 47.7 Å². The van der Waals surface area contributed by atoms with E-state index < -0.39 is 0 Å². The first-order valence-corrected chi connectivity index (χ1v) is 13.5. The van der Waals surface area contributed by atoms with Crippen LogP contribution >= 0.6 is 0 Å².